The van der Waals surface area contributed by atoms with Crippen LogP contribution in [0.2, 0.25) is 0 Å². The highest BCUT2D eigenvalue weighted by atomic mass is 16.5. The predicted molar refractivity (Wildman–Crippen MR) is 111 cm³/mol. The van der Waals surface area contributed by atoms with Gasteiger partial charge in [-0.15, -0.1) is 0 Å². The first-order valence-electron chi connectivity index (χ1n) is 10.0. The first kappa shape index (κ1) is 23.1. The Labute approximate surface area is 161 Å². The van der Waals surface area contributed by atoms with Crippen molar-refractivity contribution in [3.8, 4) is 0 Å². The summed E-state index contributed by atoms with van der Waals surface area (Å²) in [5.74, 6) is 1.52. The van der Waals surface area contributed by atoms with Crippen LogP contribution < -0.4 is 10.6 Å². The highest BCUT2D eigenvalue weighted by molar-refractivity contribution is 5.79. The maximum atomic E-state index is 5.10. The Balaban J connectivity index is 2.32. The SMILES string of the molecule is CN=C(NCCN(C)CCCOC)NCC(C(C)C)N1CCN(C)CC1. The molecule has 1 unspecified atom stereocenters. The topological polar surface area (TPSA) is 55.4 Å². The monoisotopic (exact) mass is 370 g/mol. The third-order valence-corrected chi connectivity index (χ3v) is 5.15. The lowest BCUT2D eigenvalue weighted by Crippen LogP contribution is -2.55. The van der Waals surface area contributed by atoms with Crippen molar-refractivity contribution < 1.29 is 4.74 Å². The molecule has 1 fully saturated rings. The van der Waals surface area contributed by atoms with E-state index in [4.69, 9.17) is 4.74 Å². The molecule has 0 aliphatic carbocycles. The summed E-state index contributed by atoms with van der Waals surface area (Å²) in [6.07, 6.45) is 1.07. The van der Waals surface area contributed by atoms with Gasteiger partial charge in [-0.1, -0.05) is 13.8 Å². The van der Waals surface area contributed by atoms with E-state index < -0.39 is 0 Å². The zero-order chi connectivity index (χ0) is 19.4. The highest BCUT2D eigenvalue weighted by Gasteiger charge is 2.24. The number of methoxy groups -OCH3 is 1. The third-order valence-electron chi connectivity index (χ3n) is 5.15. The van der Waals surface area contributed by atoms with E-state index in [0.29, 0.717) is 12.0 Å². The number of piperazine rings is 1. The minimum absolute atomic E-state index is 0.541. The molecular formula is C19H42N6O. The summed E-state index contributed by atoms with van der Waals surface area (Å²) in [7, 11) is 7.95. The number of likely N-dealkylation sites (N-methyl/N-ethyl adjacent to an activating group) is 2. The Kier molecular flexibility index (Phi) is 11.8. The number of rotatable bonds is 11. The van der Waals surface area contributed by atoms with Crippen LogP contribution in [-0.2, 0) is 4.74 Å². The molecule has 2 N–H and O–H groups in total. The molecule has 1 saturated heterocycles. The Morgan fingerprint density at radius 3 is 2.42 bits per heavy atom. The number of nitrogens with one attached hydrogen (secondary N) is 2. The second kappa shape index (κ2) is 13.3. The summed E-state index contributed by atoms with van der Waals surface area (Å²) >= 11 is 0. The summed E-state index contributed by atoms with van der Waals surface area (Å²) < 4.78 is 5.10. The Morgan fingerprint density at radius 2 is 1.85 bits per heavy atom. The van der Waals surface area contributed by atoms with Gasteiger partial charge in [0.25, 0.3) is 0 Å². The molecule has 1 atom stereocenters. The van der Waals surface area contributed by atoms with Gasteiger partial charge in [-0.25, -0.2) is 0 Å². The molecule has 0 spiro atoms. The molecule has 1 aliphatic rings. The molecule has 0 bridgehead atoms. The predicted octanol–water partition coefficient (Wildman–Crippen LogP) is 0.392. The lowest BCUT2D eigenvalue weighted by atomic mass is 10.0. The molecule has 1 heterocycles. The fourth-order valence-corrected chi connectivity index (χ4v) is 3.32. The fourth-order valence-electron chi connectivity index (χ4n) is 3.32. The molecule has 154 valence electrons. The van der Waals surface area contributed by atoms with Gasteiger partial charge in [0.15, 0.2) is 5.96 Å². The molecule has 1 aliphatic heterocycles. The molecular weight excluding hydrogens is 328 g/mol. The minimum Gasteiger partial charge on any atom is -0.385 e. The molecule has 1 rings (SSSR count). The molecule has 0 saturated carbocycles. The van der Waals surface area contributed by atoms with Crippen LogP contribution in [-0.4, -0.2) is 114 Å². The number of hydrogen-bond acceptors (Lipinski definition) is 5. The van der Waals surface area contributed by atoms with Crippen molar-refractivity contribution in [1.29, 1.82) is 0 Å². The molecule has 0 aromatic heterocycles. The van der Waals surface area contributed by atoms with Crippen molar-refractivity contribution in [2.45, 2.75) is 26.3 Å². The van der Waals surface area contributed by atoms with Gasteiger partial charge in [0, 0.05) is 79.2 Å². The number of hydrogen-bond donors (Lipinski definition) is 2. The van der Waals surface area contributed by atoms with Crippen LogP contribution in [0.5, 0.6) is 0 Å². The van der Waals surface area contributed by atoms with Crippen molar-refractivity contribution in [3.63, 3.8) is 0 Å². The van der Waals surface area contributed by atoms with Gasteiger partial charge in [0.05, 0.1) is 0 Å². The van der Waals surface area contributed by atoms with Crippen LogP contribution in [0.25, 0.3) is 0 Å². The van der Waals surface area contributed by atoms with E-state index in [0.717, 1.165) is 71.3 Å². The van der Waals surface area contributed by atoms with E-state index in [1.54, 1.807) is 7.11 Å². The van der Waals surface area contributed by atoms with Crippen molar-refractivity contribution >= 4 is 5.96 Å². The van der Waals surface area contributed by atoms with Crippen LogP contribution in [0.4, 0.5) is 0 Å². The van der Waals surface area contributed by atoms with E-state index in [1.165, 1.54) is 0 Å². The van der Waals surface area contributed by atoms with Gasteiger partial charge >= 0.3 is 0 Å². The van der Waals surface area contributed by atoms with Crippen LogP contribution in [0, 0.1) is 5.92 Å². The van der Waals surface area contributed by atoms with Crippen LogP contribution in [0.3, 0.4) is 0 Å². The van der Waals surface area contributed by atoms with Gasteiger partial charge in [-0.3, -0.25) is 9.89 Å². The number of guanidine groups is 1. The van der Waals surface area contributed by atoms with Crippen molar-refractivity contribution in [3.05, 3.63) is 0 Å². The second-order valence-corrected chi connectivity index (χ2v) is 7.68. The highest BCUT2D eigenvalue weighted by Crippen LogP contribution is 2.12. The second-order valence-electron chi connectivity index (χ2n) is 7.68. The molecule has 0 aromatic carbocycles. The summed E-state index contributed by atoms with van der Waals surface area (Å²) in [6.45, 7) is 14.0. The molecule has 26 heavy (non-hydrogen) atoms. The van der Waals surface area contributed by atoms with E-state index in [-0.39, 0.29) is 0 Å². The summed E-state index contributed by atoms with van der Waals surface area (Å²) in [5.41, 5.74) is 0. The minimum atomic E-state index is 0.541. The fraction of sp³-hybridized carbons (Fsp3) is 0.947. The number of nitrogens with zero attached hydrogens (tertiary/aromatic N) is 4. The molecule has 7 heteroatoms. The van der Waals surface area contributed by atoms with Crippen LogP contribution >= 0.6 is 0 Å². The Morgan fingerprint density at radius 1 is 1.15 bits per heavy atom. The van der Waals surface area contributed by atoms with Gasteiger partial charge in [-0.05, 0) is 26.4 Å². The lowest BCUT2D eigenvalue weighted by molar-refractivity contribution is 0.0900. The van der Waals surface area contributed by atoms with E-state index in [2.05, 4.69) is 58.3 Å². The van der Waals surface area contributed by atoms with Crippen molar-refractivity contribution in [2.75, 3.05) is 87.2 Å². The standard InChI is InChI=1S/C19H42N6O/c1-17(2)18(25-13-11-24(5)12-14-25)16-22-19(20-3)21-8-10-23(4)9-7-15-26-6/h17-18H,7-16H2,1-6H3,(H2,20,21,22). The third kappa shape index (κ3) is 9.16. The molecule has 0 amide bonds. The Bertz CT molecular complexity index is 382. The van der Waals surface area contributed by atoms with Crippen LogP contribution in [0.1, 0.15) is 20.3 Å². The van der Waals surface area contributed by atoms with Crippen LogP contribution in [0.15, 0.2) is 4.99 Å². The summed E-state index contributed by atoms with van der Waals surface area (Å²) in [6, 6.07) is 0.541. The first-order valence-corrected chi connectivity index (χ1v) is 10.0. The average molecular weight is 371 g/mol. The maximum absolute atomic E-state index is 5.10. The van der Waals surface area contributed by atoms with Gasteiger partial charge in [0.2, 0.25) is 0 Å². The van der Waals surface area contributed by atoms with Crippen molar-refractivity contribution in [2.24, 2.45) is 10.9 Å². The molecule has 0 radical (unpaired) electrons. The number of ether oxygens (including phenoxy) is 1. The normalized spacial score (nSPS) is 18.5. The average Bonchev–Trinajstić information content (AvgIpc) is 2.61. The van der Waals surface area contributed by atoms with Crippen molar-refractivity contribution in [1.82, 2.24) is 25.3 Å². The molecule has 7 nitrogen and oxygen atoms in total. The first-order chi connectivity index (χ1) is 12.5. The number of aliphatic imine (C=N–C) groups is 1. The van der Waals surface area contributed by atoms with Gasteiger partial charge in [-0.2, -0.15) is 0 Å². The summed E-state index contributed by atoms with van der Waals surface area (Å²) in [4.78, 5) is 11.7. The summed E-state index contributed by atoms with van der Waals surface area (Å²) in [5, 5.41) is 6.96. The zero-order valence-corrected chi connectivity index (χ0v) is 17.9. The quantitative estimate of drug-likeness (QED) is 0.312. The lowest BCUT2D eigenvalue weighted by Gasteiger charge is -2.40. The largest absolute Gasteiger partial charge is 0.385 e. The Hall–Kier alpha value is -0.890. The zero-order valence-electron chi connectivity index (χ0n) is 17.9. The van der Waals surface area contributed by atoms with E-state index in [9.17, 15) is 0 Å². The van der Waals surface area contributed by atoms with Gasteiger partial charge in [0.1, 0.15) is 0 Å². The molecule has 0 aromatic rings. The smallest absolute Gasteiger partial charge is 0.191 e. The van der Waals surface area contributed by atoms with Gasteiger partial charge < -0.3 is 25.2 Å². The van der Waals surface area contributed by atoms with E-state index >= 15 is 0 Å². The van der Waals surface area contributed by atoms with E-state index in [1.807, 2.05) is 7.05 Å². The maximum Gasteiger partial charge on any atom is 0.191 e.